The van der Waals surface area contributed by atoms with Gasteiger partial charge in [0.2, 0.25) is 0 Å². The molecule has 0 spiro atoms. The van der Waals surface area contributed by atoms with Crippen molar-refractivity contribution in [3.8, 4) is 0 Å². The molecule has 5 heteroatoms. The number of rotatable bonds is 3. The zero-order valence-electron chi connectivity index (χ0n) is 17.2. The van der Waals surface area contributed by atoms with Crippen LogP contribution in [0, 0.1) is 0 Å². The molecule has 1 atom stereocenters. The van der Waals surface area contributed by atoms with Crippen LogP contribution in [0.3, 0.4) is 0 Å². The second-order valence-corrected chi connectivity index (χ2v) is 13.3. The molecule has 0 amide bonds. The second kappa shape index (κ2) is 8.95. The van der Waals surface area contributed by atoms with Gasteiger partial charge in [-0.25, -0.2) is 0 Å². The minimum atomic E-state index is -0.884. The number of para-hydroxylation sites is 1. The molecular weight excluding hydrogens is 556 g/mol. The van der Waals surface area contributed by atoms with Crippen LogP contribution in [0.15, 0.2) is 68.0 Å². The first-order valence-electron chi connectivity index (χ1n) is 9.72. The van der Waals surface area contributed by atoms with E-state index in [0.29, 0.717) is 0 Å². The van der Waals surface area contributed by atoms with Gasteiger partial charge in [-0.3, -0.25) is 0 Å². The maximum absolute atomic E-state index is 4.00. The summed E-state index contributed by atoms with van der Waals surface area (Å²) in [7, 11) is 0. The van der Waals surface area contributed by atoms with Crippen molar-refractivity contribution in [2.45, 2.75) is 30.4 Å². The Labute approximate surface area is 210 Å². The van der Waals surface area contributed by atoms with Gasteiger partial charge in [-0.2, -0.15) is 0 Å². The number of halogens is 3. The number of hydrogen-bond acceptors (Lipinski definition) is 1. The number of fused-ring (bicyclic) bond motifs is 2. The molecule has 3 aliphatic rings. The van der Waals surface area contributed by atoms with Crippen molar-refractivity contribution < 1.29 is 23.2 Å². The van der Waals surface area contributed by atoms with Crippen molar-refractivity contribution in [1.82, 2.24) is 0 Å². The molecule has 1 aliphatic heterocycles. The maximum atomic E-state index is 4.00. The van der Waals surface area contributed by atoms with Crippen LogP contribution in [-0.2, 0) is 23.2 Å². The molecule has 0 bridgehead atoms. The summed E-state index contributed by atoms with van der Waals surface area (Å²) in [4.78, 5) is 2.63. The summed E-state index contributed by atoms with van der Waals surface area (Å²) >= 11 is 3.11. The predicted octanol–water partition coefficient (Wildman–Crippen LogP) is 6.45. The SMILES string of the molecule is CC1=Cc2c(Br)c3c(cc2=C1)N(c1ccccc1)[C](C)([Zr][C]1=CC=CC1)C=3C.Cl.Cl. The Hall–Kier alpha value is -0.857. The van der Waals surface area contributed by atoms with Gasteiger partial charge < -0.3 is 0 Å². The summed E-state index contributed by atoms with van der Waals surface area (Å²) in [6, 6.07) is 13.4. The zero-order valence-corrected chi connectivity index (χ0v) is 22.9. The van der Waals surface area contributed by atoms with E-state index in [0.717, 1.165) is 6.42 Å². The van der Waals surface area contributed by atoms with Crippen LogP contribution >= 0.6 is 40.7 Å². The van der Waals surface area contributed by atoms with Crippen LogP contribution in [0.1, 0.15) is 32.8 Å². The summed E-state index contributed by atoms with van der Waals surface area (Å²) < 4.78 is 3.01. The van der Waals surface area contributed by atoms with E-state index in [4.69, 9.17) is 0 Å². The standard InChI is InChI=1S/C20H17BrN.C5H5.2ClH.Zr/c1-12-9-15-11-18-19(20(21)17(15)10-12)13(2)14(3)22(18)16-7-5-4-6-8-16;1-2-4-5-3-1;;;/h4-11H,1-3H3;1-3H,4H2;2*1H;. The topological polar surface area (TPSA) is 3.24 Å². The molecule has 30 heavy (non-hydrogen) atoms. The quantitative estimate of drug-likeness (QED) is 0.403. The fraction of sp³-hybridized carbons (Fsp3) is 0.200. The Bertz CT molecular complexity index is 1210. The molecule has 1 heterocycles. The normalized spacial score (nSPS) is 20.5. The smallest absolute Gasteiger partial charge is 0.147 e. The third kappa shape index (κ3) is 3.67. The first-order chi connectivity index (χ1) is 13.5. The van der Waals surface area contributed by atoms with E-state index < -0.39 is 23.2 Å². The molecule has 0 aromatic heterocycles. The number of anilines is 2. The molecule has 0 saturated carbocycles. The second-order valence-electron chi connectivity index (χ2n) is 7.94. The van der Waals surface area contributed by atoms with Gasteiger partial charge in [-0.05, 0) is 0 Å². The van der Waals surface area contributed by atoms with Gasteiger partial charge in [0.05, 0.1) is 0 Å². The van der Waals surface area contributed by atoms with Crippen molar-refractivity contribution in [2.75, 3.05) is 4.90 Å². The molecule has 0 radical (unpaired) electrons. The molecule has 2 aromatic rings. The summed E-state index contributed by atoms with van der Waals surface area (Å²) in [6.45, 7) is 7.02. The van der Waals surface area contributed by atoms with Crippen molar-refractivity contribution in [3.05, 3.63) is 84.0 Å². The molecule has 0 saturated heterocycles. The van der Waals surface area contributed by atoms with Crippen LogP contribution in [0.2, 0.25) is 0 Å². The Balaban J connectivity index is 0.00000128. The number of allylic oxidation sites excluding steroid dienone is 5. The average molecular weight is 581 g/mol. The van der Waals surface area contributed by atoms with Gasteiger partial charge in [0, 0.05) is 0 Å². The van der Waals surface area contributed by atoms with Crippen molar-refractivity contribution in [2.24, 2.45) is 0 Å². The zero-order chi connectivity index (χ0) is 19.5. The number of nitrogens with zero attached hydrogens (tertiary/aromatic N) is 1. The van der Waals surface area contributed by atoms with Gasteiger partial charge in [0.1, 0.15) is 0 Å². The van der Waals surface area contributed by atoms with Crippen LogP contribution < -0.4 is 15.3 Å². The van der Waals surface area contributed by atoms with E-state index >= 15 is 0 Å². The maximum Gasteiger partial charge on any atom is -0.147 e. The fourth-order valence-electron chi connectivity index (χ4n) is 4.61. The number of benzene rings is 2. The van der Waals surface area contributed by atoms with E-state index in [-0.39, 0.29) is 28.1 Å². The first-order valence-corrected chi connectivity index (χ1v) is 13.0. The minimum Gasteiger partial charge on any atom is -0.147 e. The molecule has 1 unspecified atom stereocenters. The third-order valence-corrected chi connectivity index (χ3v) is 11.2. The Morgan fingerprint density at radius 1 is 1.07 bits per heavy atom. The van der Waals surface area contributed by atoms with Crippen LogP contribution in [0.4, 0.5) is 11.4 Å². The molecule has 0 N–H and O–H groups in total. The molecule has 2 aliphatic carbocycles. The molecule has 154 valence electrons. The summed E-state index contributed by atoms with van der Waals surface area (Å²) in [5, 5.41) is 2.73. The Morgan fingerprint density at radius 2 is 1.80 bits per heavy atom. The minimum absolute atomic E-state index is 0. The van der Waals surface area contributed by atoms with Gasteiger partial charge >= 0.3 is 188 Å². The van der Waals surface area contributed by atoms with E-state index in [1.807, 2.05) is 0 Å². The Kier molecular flexibility index (Phi) is 7.10. The van der Waals surface area contributed by atoms with Crippen molar-refractivity contribution >= 4 is 69.8 Å². The molecule has 1 nitrogen and oxygen atoms in total. The monoisotopic (exact) mass is 577 g/mol. The molecule has 0 fully saturated rings. The van der Waals surface area contributed by atoms with Crippen LogP contribution in [0.25, 0.3) is 17.7 Å². The molecule has 5 rings (SSSR count). The van der Waals surface area contributed by atoms with E-state index in [9.17, 15) is 0 Å². The summed E-state index contributed by atoms with van der Waals surface area (Å²) in [5.74, 6) is 0. The van der Waals surface area contributed by atoms with Gasteiger partial charge in [-0.1, -0.05) is 0 Å². The fourth-order valence-corrected chi connectivity index (χ4v) is 9.63. The molecule has 2 aromatic carbocycles. The summed E-state index contributed by atoms with van der Waals surface area (Å²) in [6.07, 6.45) is 12.7. The van der Waals surface area contributed by atoms with Crippen LogP contribution in [0.5, 0.6) is 0 Å². The van der Waals surface area contributed by atoms with Crippen molar-refractivity contribution in [3.63, 3.8) is 0 Å². The van der Waals surface area contributed by atoms with Gasteiger partial charge in [0.25, 0.3) is 0 Å². The van der Waals surface area contributed by atoms with E-state index in [1.54, 1.807) is 3.28 Å². The average Bonchev–Trinajstić information content (AvgIpc) is 3.35. The van der Waals surface area contributed by atoms with Crippen LogP contribution in [-0.4, -0.2) is 3.25 Å². The van der Waals surface area contributed by atoms with Crippen molar-refractivity contribution in [1.29, 1.82) is 0 Å². The first kappa shape index (κ1) is 23.8. The largest absolute Gasteiger partial charge is 0.147 e. The summed E-state index contributed by atoms with van der Waals surface area (Å²) in [5.41, 5.74) is 6.82. The van der Waals surface area contributed by atoms with Gasteiger partial charge in [0.15, 0.2) is 0 Å². The predicted molar refractivity (Wildman–Crippen MR) is 134 cm³/mol. The number of hydrogen-bond donors (Lipinski definition) is 0. The van der Waals surface area contributed by atoms with Gasteiger partial charge in [-0.15, -0.1) is 24.8 Å². The third-order valence-electron chi connectivity index (χ3n) is 6.05. The van der Waals surface area contributed by atoms with E-state index in [2.05, 4.69) is 108 Å². The molecular formula is C25H24BrCl2NZr. The van der Waals surface area contributed by atoms with E-state index in [1.165, 1.54) is 43.0 Å². The Morgan fingerprint density at radius 3 is 2.47 bits per heavy atom.